The van der Waals surface area contributed by atoms with Gasteiger partial charge in [-0.1, -0.05) is 64.1 Å². The Kier molecular flexibility index (Phi) is 3.97. The normalized spacial score (nSPS) is 12.6. The molecule has 0 aliphatic heterocycles. The van der Waals surface area contributed by atoms with Gasteiger partial charge in [-0.3, -0.25) is 0 Å². The van der Waals surface area contributed by atoms with Gasteiger partial charge in [-0.05, 0) is 80.9 Å². The van der Waals surface area contributed by atoms with E-state index in [1.54, 1.807) is 0 Å². The molecule has 2 heterocycles. The molecule has 0 unspecified atom stereocenters. The van der Waals surface area contributed by atoms with Crippen molar-refractivity contribution >= 4 is 65.4 Å². The predicted molar refractivity (Wildman–Crippen MR) is 144 cm³/mol. The van der Waals surface area contributed by atoms with Crippen LogP contribution in [0.3, 0.4) is 0 Å². The summed E-state index contributed by atoms with van der Waals surface area (Å²) in [7, 11) is 0. The number of hydrogen-bond acceptors (Lipinski definition) is 2. The zero-order valence-electron chi connectivity index (χ0n) is 19.9. The Morgan fingerprint density at radius 3 is 1.56 bits per heavy atom. The van der Waals surface area contributed by atoms with Crippen molar-refractivity contribution in [1.29, 1.82) is 0 Å². The highest BCUT2D eigenvalue weighted by atomic mass is 16.3. The topological polar surface area (TPSA) is 26.3 Å². The highest BCUT2D eigenvalue weighted by Crippen LogP contribution is 2.40. The van der Waals surface area contributed by atoms with Crippen LogP contribution in [0.25, 0.3) is 65.4 Å². The maximum atomic E-state index is 6.45. The molecule has 0 atom stereocenters. The highest BCUT2D eigenvalue weighted by Gasteiger charge is 2.17. The Morgan fingerprint density at radius 2 is 0.971 bits per heavy atom. The molecule has 5 aromatic carbocycles. The van der Waals surface area contributed by atoms with Crippen LogP contribution in [0.4, 0.5) is 0 Å². The van der Waals surface area contributed by atoms with Gasteiger partial charge in [0.2, 0.25) is 0 Å². The van der Waals surface area contributed by atoms with E-state index in [0.717, 1.165) is 43.9 Å². The molecule has 0 saturated carbocycles. The monoisotopic (exact) mass is 442 g/mol. The third kappa shape index (κ3) is 2.75. The summed E-state index contributed by atoms with van der Waals surface area (Å²) in [6.45, 7) is 9.06. The summed E-state index contributed by atoms with van der Waals surface area (Å²) in [5.74, 6) is 0.941. The van der Waals surface area contributed by atoms with E-state index >= 15 is 0 Å². The van der Waals surface area contributed by atoms with Crippen LogP contribution >= 0.6 is 0 Å². The molecule has 2 heteroatoms. The molecule has 34 heavy (non-hydrogen) atoms. The molecule has 0 N–H and O–H groups in total. The first-order valence-electron chi connectivity index (χ1n) is 12.1. The first-order valence-corrected chi connectivity index (χ1v) is 12.1. The van der Waals surface area contributed by atoms with Crippen molar-refractivity contribution in [2.75, 3.05) is 0 Å². The average Bonchev–Trinajstić information content (AvgIpc) is 3.35. The van der Waals surface area contributed by atoms with Gasteiger partial charge in [-0.2, -0.15) is 0 Å². The Morgan fingerprint density at radius 1 is 0.471 bits per heavy atom. The van der Waals surface area contributed by atoms with Crippen molar-refractivity contribution in [2.24, 2.45) is 0 Å². The summed E-state index contributed by atoms with van der Waals surface area (Å²) in [5, 5.41) is 9.45. The van der Waals surface area contributed by atoms with Gasteiger partial charge in [0.15, 0.2) is 0 Å². The third-order valence-corrected chi connectivity index (χ3v) is 7.35. The van der Waals surface area contributed by atoms with Gasteiger partial charge in [0.1, 0.15) is 22.3 Å². The van der Waals surface area contributed by atoms with Crippen LogP contribution in [-0.2, 0) is 0 Å². The lowest BCUT2D eigenvalue weighted by atomic mass is 9.89. The van der Waals surface area contributed by atoms with E-state index in [1.807, 2.05) is 0 Å². The number of fused-ring (bicyclic) bond motifs is 8. The van der Waals surface area contributed by atoms with Crippen molar-refractivity contribution < 1.29 is 8.83 Å². The molecule has 0 bridgehead atoms. The number of benzene rings is 5. The SMILES string of the molecule is CC(C)c1cc(C(C)C)c2cc3oc4cc5c(cc4c3cc2c1)oc1cc2ccccc2cc15. The van der Waals surface area contributed by atoms with Crippen molar-refractivity contribution in [3.63, 3.8) is 0 Å². The predicted octanol–water partition coefficient (Wildman–Crippen LogP) is 10.0. The quantitative estimate of drug-likeness (QED) is 0.266. The zero-order valence-corrected chi connectivity index (χ0v) is 19.9. The zero-order chi connectivity index (χ0) is 23.1. The lowest BCUT2D eigenvalue weighted by Crippen LogP contribution is -1.95. The lowest BCUT2D eigenvalue weighted by molar-refractivity contribution is 0.664. The summed E-state index contributed by atoms with van der Waals surface area (Å²) in [5.41, 5.74) is 6.43. The standard InChI is InChI=1S/C32H26O2/c1-17(2)21-9-22-12-26-28-16-31-27(25-10-19-7-5-6-8-20(19)13-29(25)33-31)15-32(28)34-30(26)14-24(22)23(11-21)18(3)4/h5-18H,1-4H3. The molecule has 0 saturated heterocycles. The fourth-order valence-corrected chi connectivity index (χ4v) is 5.45. The van der Waals surface area contributed by atoms with Gasteiger partial charge >= 0.3 is 0 Å². The van der Waals surface area contributed by atoms with Gasteiger partial charge in [0.25, 0.3) is 0 Å². The number of furan rings is 2. The molecule has 0 spiro atoms. The maximum absolute atomic E-state index is 6.45. The number of hydrogen-bond donors (Lipinski definition) is 0. The van der Waals surface area contributed by atoms with Gasteiger partial charge in [0.05, 0.1) is 0 Å². The largest absolute Gasteiger partial charge is 0.456 e. The van der Waals surface area contributed by atoms with Crippen LogP contribution in [0, 0.1) is 0 Å². The first-order chi connectivity index (χ1) is 16.5. The smallest absolute Gasteiger partial charge is 0.136 e. The molecular formula is C32H26O2. The minimum absolute atomic E-state index is 0.451. The van der Waals surface area contributed by atoms with Crippen LogP contribution in [0.5, 0.6) is 0 Å². The Bertz CT molecular complexity index is 1910. The summed E-state index contributed by atoms with van der Waals surface area (Å²) in [6.07, 6.45) is 0. The van der Waals surface area contributed by atoms with E-state index in [4.69, 9.17) is 8.83 Å². The number of rotatable bonds is 2. The molecule has 0 aliphatic carbocycles. The van der Waals surface area contributed by atoms with Crippen LogP contribution in [-0.4, -0.2) is 0 Å². The highest BCUT2D eigenvalue weighted by molar-refractivity contribution is 6.18. The Hall–Kier alpha value is -3.78. The molecule has 0 amide bonds. The minimum Gasteiger partial charge on any atom is -0.456 e. The summed E-state index contributed by atoms with van der Waals surface area (Å²) < 4.78 is 12.8. The third-order valence-electron chi connectivity index (χ3n) is 7.35. The summed E-state index contributed by atoms with van der Waals surface area (Å²) >= 11 is 0. The van der Waals surface area contributed by atoms with Crippen molar-refractivity contribution in [1.82, 2.24) is 0 Å². The molecule has 7 rings (SSSR count). The summed E-state index contributed by atoms with van der Waals surface area (Å²) in [4.78, 5) is 0. The minimum atomic E-state index is 0.451. The second-order valence-electron chi connectivity index (χ2n) is 10.2. The summed E-state index contributed by atoms with van der Waals surface area (Å²) in [6, 6.07) is 26.3. The van der Waals surface area contributed by atoms with Gasteiger partial charge < -0.3 is 8.83 Å². The van der Waals surface area contributed by atoms with Gasteiger partial charge in [0, 0.05) is 21.5 Å². The van der Waals surface area contributed by atoms with Crippen molar-refractivity contribution in [2.45, 2.75) is 39.5 Å². The molecule has 7 aromatic rings. The molecule has 2 nitrogen and oxygen atoms in total. The van der Waals surface area contributed by atoms with E-state index in [2.05, 4.69) is 100 Å². The lowest BCUT2D eigenvalue weighted by Gasteiger charge is -2.15. The Balaban J connectivity index is 1.55. The van der Waals surface area contributed by atoms with E-state index in [1.165, 1.54) is 32.7 Å². The molecular weight excluding hydrogens is 416 g/mol. The van der Waals surface area contributed by atoms with E-state index in [0.29, 0.717) is 11.8 Å². The second kappa shape index (κ2) is 6.87. The molecule has 0 aliphatic rings. The van der Waals surface area contributed by atoms with E-state index < -0.39 is 0 Å². The fraction of sp³-hybridized carbons (Fsp3) is 0.188. The van der Waals surface area contributed by atoms with Crippen molar-refractivity contribution in [3.05, 3.63) is 83.9 Å². The van der Waals surface area contributed by atoms with Gasteiger partial charge in [-0.15, -0.1) is 0 Å². The maximum Gasteiger partial charge on any atom is 0.136 e. The van der Waals surface area contributed by atoms with Crippen LogP contribution in [0.15, 0.2) is 81.6 Å². The van der Waals surface area contributed by atoms with Crippen LogP contribution < -0.4 is 0 Å². The Labute approximate surface area is 197 Å². The van der Waals surface area contributed by atoms with E-state index in [9.17, 15) is 0 Å². The molecule has 2 aromatic heterocycles. The van der Waals surface area contributed by atoms with Gasteiger partial charge in [-0.25, -0.2) is 0 Å². The molecule has 0 fully saturated rings. The first kappa shape index (κ1) is 19.7. The van der Waals surface area contributed by atoms with Crippen LogP contribution in [0.1, 0.15) is 50.7 Å². The molecule has 166 valence electrons. The average molecular weight is 443 g/mol. The second-order valence-corrected chi connectivity index (χ2v) is 10.2. The van der Waals surface area contributed by atoms with Crippen LogP contribution in [0.2, 0.25) is 0 Å². The van der Waals surface area contributed by atoms with E-state index in [-0.39, 0.29) is 0 Å². The van der Waals surface area contributed by atoms with Crippen molar-refractivity contribution in [3.8, 4) is 0 Å². The molecule has 0 radical (unpaired) electrons. The fourth-order valence-electron chi connectivity index (χ4n) is 5.45.